The van der Waals surface area contributed by atoms with Gasteiger partial charge in [-0.25, -0.2) is 0 Å². The van der Waals surface area contributed by atoms with E-state index in [1.807, 2.05) is 52.1 Å². The fourth-order valence-electron chi connectivity index (χ4n) is 4.95. The molecule has 0 saturated carbocycles. The van der Waals surface area contributed by atoms with Crippen molar-refractivity contribution < 1.29 is 30.0 Å². The second-order valence-electron chi connectivity index (χ2n) is 10.4. The van der Waals surface area contributed by atoms with Gasteiger partial charge in [0.15, 0.2) is 5.78 Å². The van der Waals surface area contributed by atoms with E-state index in [4.69, 9.17) is 0 Å². The molecule has 0 fully saturated rings. The molecule has 0 aliphatic carbocycles. The maximum absolute atomic E-state index is 11.7. The van der Waals surface area contributed by atoms with Crippen molar-refractivity contribution in [2.45, 2.75) is 73.6 Å². The Hall–Kier alpha value is -2.75. The van der Waals surface area contributed by atoms with Crippen LogP contribution in [0, 0.1) is 23.8 Å². The molecule has 0 spiro atoms. The Kier molecular flexibility index (Phi) is 13.1. The van der Waals surface area contributed by atoms with Crippen LogP contribution < -0.4 is 0 Å². The quantitative estimate of drug-likeness (QED) is 0.102. The average Bonchev–Trinajstić information content (AvgIpc) is 3.35. The van der Waals surface area contributed by atoms with Crippen molar-refractivity contribution in [3.05, 3.63) is 84.3 Å². The molecule has 4 rings (SSSR count). The maximum Gasteiger partial charge on any atom is 0.162 e. The van der Waals surface area contributed by atoms with E-state index in [2.05, 4.69) is 65.7 Å². The largest absolute Gasteiger partial charge is 0.512 e. The van der Waals surface area contributed by atoms with Crippen molar-refractivity contribution in [1.29, 1.82) is 0 Å². The van der Waals surface area contributed by atoms with Gasteiger partial charge in [-0.2, -0.15) is 0 Å². The second kappa shape index (κ2) is 15.7. The van der Waals surface area contributed by atoms with Crippen molar-refractivity contribution in [3.63, 3.8) is 0 Å². The molecule has 0 atom stereocenters. The van der Waals surface area contributed by atoms with Gasteiger partial charge in [0.05, 0.1) is 17.1 Å². The van der Waals surface area contributed by atoms with Crippen molar-refractivity contribution >= 4 is 22.2 Å². The zero-order valence-corrected chi connectivity index (χ0v) is 26.6. The molecule has 2 aromatic carbocycles. The van der Waals surface area contributed by atoms with Gasteiger partial charge in [0.25, 0.3) is 0 Å². The summed E-state index contributed by atoms with van der Waals surface area (Å²) in [6.07, 6.45) is 7.94. The predicted molar refractivity (Wildman–Crippen MR) is 159 cm³/mol. The Morgan fingerprint density at radius 1 is 0.974 bits per heavy atom. The molecule has 5 heteroatoms. The van der Waals surface area contributed by atoms with Gasteiger partial charge in [0.1, 0.15) is 0 Å². The van der Waals surface area contributed by atoms with Gasteiger partial charge in [-0.3, -0.25) is 9.78 Å². The molecule has 0 saturated heterocycles. The van der Waals surface area contributed by atoms with E-state index in [1.165, 1.54) is 22.5 Å². The van der Waals surface area contributed by atoms with E-state index in [0.29, 0.717) is 5.92 Å². The van der Waals surface area contributed by atoms with E-state index < -0.39 is 0 Å². The Balaban J connectivity index is 0.000000294. The second-order valence-corrected chi connectivity index (χ2v) is 10.4. The Morgan fingerprint density at radius 3 is 2.26 bits per heavy atom. The van der Waals surface area contributed by atoms with Crippen LogP contribution in [0.15, 0.2) is 72.6 Å². The van der Waals surface area contributed by atoms with Gasteiger partial charge >= 0.3 is 0 Å². The third kappa shape index (κ3) is 8.37. The molecule has 2 heterocycles. The van der Waals surface area contributed by atoms with Gasteiger partial charge in [-0.15, -0.1) is 35.9 Å². The van der Waals surface area contributed by atoms with Crippen molar-refractivity contribution in [2.24, 2.45) is 17.8 Å². The first-order valence-electron chi connectivity index (χ1n) is 14.1. The number of carbonyl (C=O) groups is 1. The van der Waals surface area contributed by atoms with E-state index in [9.17, 15) is 9.90 Å². The summed E-state index contributed by atoms with van der Waals surface area (Å²) in [5, 5.41) is 11.0. The monoisotopic (exact) mass is 704 g/mol. The van der Waals surface area contributed by atoms with Gasteiger partial charge in [0.2, 0.25) is 0 Å². The number of allylic oxidation sites excluding steroid dienone is 2. The molecule has 0 unspecified atom stereocenters. The first kappa shape index (κ1) is 32.5. The van der Waals surface area contributed by atoms with Crippen LogP contribution in [-0.2, 0) is 31.3 Å². The van der Waals surface area contributed by atoms with E-state index in [0.717, 1.165) is 49.0 Å². The molecule has 0 bridgehead atoms. The molecule has 4 nitrogen and oxygen atoms in total. The topological polar surface area (TPSA) is 54.6 Å². The molecular formula is C34H43IrN2O2-. The number of hydrogen-bond acceptors (Lipinski definition) is 3. The number of rotatable bonds is 10. The predicted octanol–water partition coefficient (Wildman–Crippen LogP) is 9.02. The standard InChI is InChI=1S/C21H19N2.C13H24O2.Ir/c1-15(2)12-16-8-11-20-18(13-16)9-10-19-14-22-21(23(19)20)17-6-4-3-5-7-17;1-5-10(6-2)12(14)9-13(15)11(7-3)8-4;/h3-6,8-11,13-15H,12H2,1-2H3;9-11,14H,5-8H2,1-4H3;/q-1;;/b;12-9-;. The number of fused-ring (bicyclic) bond motifs is 3. The van der Waals surface area contributed by atoms with Crippen molar-refractivity contribution in [2.75, 3.05) is 0 Å². The minimum atomic E-state index is 0. The first-order chi connectivity index (χ1) is 18.3. The van der Waals surface area contributed by atoms with E-state index in [-0.39, 0.29) is 43.5 Å². The summed E-state index contributed by atoms with van der Waals surface area (Å²) >= 11 is 0. The number of pyridine rings is 1. The number of aliphatic hydroxyl groups excluding tert-OH is 1. The summed E-state index contributed by atoms with van der Waals surface area (Å²) < 4.78 is 2.22. The van der Waals surface area contributed by atoms with Crippen LogP contribution >= 0.6 is 0 Å². The molecule has 2 aromatic heterocycles. The molecule has 1 N–H and O–H groups in total. The SMILES string of the molecule is CC(C)Cc1ccc2c(ccc3cnc(-c4[c-]cccc4)n32)c1.CCC(CC)C(=O)/C=C(\O)C(CC)CC.[Ir]. The van der Waals surface area contributed by atoms with Gasteiger partial charge in [-0.05, 0) is 67.2 Å². The van der Waals surface area contributed by atoms with Crippen molar-refractivity contribution in [3.8, 4) is 11.4 Å². The molecule has 0 amide bonds. The Bertz CT molecular complexity index is 1350. The fraction of sp³-hybridized carbons (Fsp3) is 0.412. The van der Waals surface area contributed by atoms with Gasteiger partial charge < -0.3 is 9.51 Å². The number of imidazole rings is 1. The number of carbonyl (C=O) groups excluding carboxylic acids is 1. The summed E-state index contributed by atoms with van der Waals surface area (Å²) in [6.45, 7) is 12.6. The molecule has 0 aliphatic heterocycles. The van der Waals surface area contributed by atoms with Crippen molar-refractivity contribution in [1.82, 2.24) is 9.38 Å². The minimum Gasteiger partial charge on any atom is -0.512 e. The van der Waals surface area contributed by atoms with Crippen LogP contribution in [-0.4, -0.2) is 20.3 Å². The van der Waals surface area contributed by atoms with Crippen LogP contribution in [0.3, 0.4) is 0 Å². The maximum atomic E-state index is 11.7. The number of aromatic nitrogens is 2. The third-order valence-electron chi connectivity index (χ3n) is 7.23. The summed E-state index contributed by atoms with van der Waals surface area (Å²) in [4.78, 5) is 16.3. The molecule has 0 aliphatic rings. The molecular weight excluding hydrogens is 661 g/mol. The smallest absolute Gasteiger partial charge is 0.162 e. The normalized spacial score (nSPS) is 11.7. The van der Waals surface area contributed by atoms with Gasteiger partial charge in [-0.1, -0.05) is 53.7 Å². The Labute approximate surface area is 247 Å². The molecule has 4 aromatic rings. The fourth-order valence-corrected chi connectivity index (χ4v) is 4.95. The van der Waals surface area contributed by atoms with Crippen LogP contribution in [0.5, 0.6) is 0 Å². The third-order valence-corrected chi connectivity index (χ3v) is 7.23. The number of hydrogen-bond donors (Lipinski definition) is 1. The summed E-state index contributed by atoms with van der Waals surface area (Å²) in [6, 6.07) is 22.4. The van der Waals surface area contributed by atoms with Crippen LogP contribution in [0.2, 0.25) is 0 Å². The van der Waals surface area contributed by atoms with Crippen LogP contribution in [0.4, 0.5) is 0 Å². The van der Waals surface area contributed by atoms with Crippen LogP contribution in [0.1, 0.15) is 72.8 Å². The summed E-state index contributed by atoms with van der Waals surface area (Å²) in [5.41, 5.74) is 4.71. The molecule has 39 heavy (non-hydrogen) atoms. The van der Waals surface area contributed by atoms with Crippen LogP contribution in [0.25, 0.3) is 27.8 Å². The molecule has 1 radical (unpaired) electrons. The van der Waals surface area contributed by atoms with E-state index in [1.54, 1.807) is 0 Å². The zero-order chi connectivity index (χ0) is 27.7. The average molecular weight is 704 g/mol. The Morgan fingerprint density at radius 2 is 1.67 bits per heavy atom. The van der Waals surface area contributed by atoms with Gasteiger partial charge in [0, 0.05) is 49.7 Å². The first-order valence-corrected chi connectivity index (χ1v) is 14.1. The number of nitrogens with zero attached hydrogens (tertiary/aromatic N) is 2. The van der Waals surface area contributed by atoms with E-state index >= 15 is 0 Å². The number of ketones is 1. The zero-order valence-electron chi connectivity index (χ0n) is 24.2. The summed E-state index contributed by atoms with van der Waals surface area (Å²) in [5.74, 6) is 2.16. The number of aliphatic hydroxyl groups is 1. The summed E-state index contributed by atoms with van der Waals surface area (Å²) in [7, 11) is 0. The molecule has 211 valence electrons. The number of benzene rings is 2. The minimum absolute atomic E-state index is 0.